The van der Waals surface area contributed by atoms with Gasteiger partial charge in [-0.3, -0.25) is 4.79 Å². The second-order valence-corrected chi connectivity index (χ2v) is 3.17. The first kappa shape index (κ1) is 9.71. The minimum Gasteiger partial charge on any atom is -0.507 e. The van der Waals surface area contributed by atoms with E-state index in [4.69, 9.17) is 5.11 Å². The Morgan fingerprint density at radius 3 is 2.54 bits per heavy atom. The standard InChI is InChI=1S/C10H11FO2/c1-6(2)7-3-4-9(13)8(5-12)10(7)11/h3-6,13H,1-2H3. The first-order chi connectivity index (χ1) is 6.07. The van der Waals surface area contributed by atoms with Crippen molar-refractivity contribution in [3.63, 3.8) is 0 Å². The fourth-order valence-corrected chi connectivity index (χ4v) is 1.16. The maximum Gasteiger partial charge on any atom is 0.156 e. The maximum atomic E-state index is 13.4. The molecule has 0 heterocycles. The zero-order valence-electron chi connectivity index (χ0n) is 7.54. The first-order valence-electron chi connectivity index (χ1n) is 4.04. The van der Waals surface area contributed by atoms with Crippen LogP contribution < -0.4 is 0 Å². The van der Waals surface area contributed by atoms with E-state index in [1.54, 1.807) is 0 Å². The van der Waals surface area contributed by atoms with Crippen LogP contribution in [0.15, 0.2) is 12.1 Å². The lowest BCUT2D eigenvalue weighted by Gasteiger charge is -2.08. The van der Waals surface area contributed by atoms with E-state index in [9.17, 15) is 9.18 Å². The Morgan fingerprint density at radius 2 is 2.08 bits per heavy atom. The molecular formula is C10H11FO2. The predicted octanol–water partition coefficient (Wildman–Crippen LogP) is 2.47. The van der Waals surface area contributed by atoms with E-state index in [0.29, 0.717) is 11.8 Å². The Bertz CT molecular complexity index is 332. The predicted molar refractivity (Wildman–Crippen MR) is 47.5 cm³/mol. The van der Waals surface area contributed by atoms with Gasteiger partial charge in [0.1, 0.15) is 11.6 Å². The fourth-order valence-electron chi connectivity index (χ4n) is 1.16. The lowest BCUT2D eigenvalue weighted by Crippen LogP contribution is -1.97. The lowest BCUT2D eigenvalue weighted by atomic mass is 10.00. The summed E-state index contributed by atoms with van der Waals surface area (Å²) in [7, 11) is 0. The number of hydrogen-bond acceptors (Lipinski definition) is 2. The molecule has 1 rings (SSSR count). The molecule has 0 aliphatic rings. The fraction of sp³-hybridized carbons (Fsp3) is 0.300. The van der Waals surface area contributed by atoms with Gasteiger partial charge in [-0.15, -0.1) is 0 Å². The first-order valence-corrected chi connectivity index (χ1v) is 4.04. The zero-order chi connectivity index (χ0) is 10.0. The summed E-state index contributed by atoms with van der Waals surface area (Å²) in [5, 5.41) is 9.13. The molecule has 0 bridgehead atoms. The lowest BCUT2D eigenvalue weighted by molar-refractivity contribution is 0.111. The van der Waals surface area contributed by atoms with Gasteiger partial charge in [0.15, 0.2) is 6.29 Å². The van der Waals surface area contributed by atoms with Crippen LogP contribution in [0.1, 0.15) is 35.7 Å². The van der Waals surface area contributed by atoms with E-state index in [2.05, 4.69) is 0 Å². The number of hydrogen-bond donors (Lipinski definition) is 1. The number of halogens is 1. The third-order valence-corrected chi connectivity index (χ3v) is 1.93. The van der Waals surface area contributed by atoms with Crippen molar-refractivity contribution in [3.8, 4) is 5.75 Å². The molecule has 70 valence electrons. The molecule has 0 radical (unpaired) electrons. The highest BCUT2D eigenvalue weighted by atomic mass is 19.1. The molecule has 2 nitrogen and oxygen atoms in total. The summed E-state index contributed by atoms with van der Waals surface area (Å²) in [5.41, 5.74) is 0.186. The van der Waals surface area contributed by atoms with Crippen molar-refractivity contribution < 1.29 is 14.3 Å². The highest BCUT2D eigenvalue weighted by Gasteiger charge is 2.13. The molecule has 1 N–H and O–H groups in total. The van der Waals surface area contributed by atoms with Crippen molar-refractivity contribution in [2.45, 2.75) is 19.8 Å². The summed E-state index contributed by atoms with van der Waals surface area (Å²) in [6, 6.07) is 2.82. The van der Waals surface area contributed by atoms with Gasteiger partial charge in [0.05, 0.1) is 5.56 Å². The van der Waals surface area contributed by atoms with Crippen molar-refractivity contribution in [2.24, 2.45) is 0 Å². The van der Waals surface area contributed by atoms with E-state index >= 15 is 0 Å². The number of phenolic OH excluding ortho intramolecular Hbond substituents is 1. The van der Waals surface area contributed by atoms with Crippen molar-refractivity contribution in [3.05, 3.63) is 29.1 Å². The number of benzene rings is 1. The quantitative estimate of drug-likeness (QED) is 0.713. The third-order valence-electron chi connectivity index (χ3n) is 1.93. The Hall–Kier alpha value is -1.38. The van der Waals surface area contributed by atoms with Gasteiger partial charge in [-0.25, -0.2) is 4.39 Å². The Labute approximate surface area is 76.0 Å². The average molecular weight is 182 g/mol. The number of phenols is 1. The van der Waals surface area contributed by atoms with E-state index in [1.165, 1.54) is 12.1 Å². The van der Waals surface area contributed by atoms with Crippen LogP contribution in [0.5, 0.6) is 5.75 Å². The average Bonchev–Trinajstić information content (AvgIpc) is 2.04. The molecule has 0 unspecified atom stereocenters. The van der Waals surface area contributed by atoms with Crippen LogP contribution in [-0.4, -0.2) is 11.4 Å². The van der Waals surface area contributed by atoms with Gasteiger partial charge in [-0.1, -0.05) is 19.9 Å². The van der Waals surface area contributed by atoms with Crippen LogP contribution >= 0.6 is 0 Å². The van der Waals surface area contributed by atoms with Crippen molar-refractivity contribution in [2.75, 3.05) is 0 Å². The second kappa shape index (κ2) is 3.56. The minimum absolute atomic E-state index is 0.000648. The molecule has 13 heavy (non-hydrogen) atoms. The monoisotopic (exact) mass is 182 g/mol. The molecule has 0 spiro atoms. The molecule has 1 aromatic carbocycles. The van der Waals surface area contributed by atoms with Crippen LogP contribution in [-0.2, 0) is 0 Å². The van der Waals surface area contributed by atoms with E-state index in [1.807, 2.05) is 13.8 Å². The summed E-state index contributed by atoms with van der Waals surface area (Å²) in [6.45, 7) is 3.65. The summed E-state index contributed by atoms with van der Waals surface area (Å²) in [5.74, 6) is -0.929. The topological polar surface area (TPSA) is 37.3 Å². The van der Waals surface area contributed by atoms with E-state index in [0.717, 1.165) is 0 Å². The summed E-state index contributed by atoms with van der Waals surface area (Å²) >= 11 is 0. The van der Waals surface area contributed by atoms with Crippen LogP contribution in [0.4, 0.5) is 4.39 Å². The second-order valence-electron chi connectivity index (χ2n) is 3.17. The van der Waals surface area contributed by atoms with Gasteiger partial charge < -0.3 is 5.11 Å². The van der Waals surface area contributed by atoms with Crippen LogP contribution in [0.2, 0.25) is 0 Å². The summed E-state index contributed by atoms with van der Waals surface area (Å²) in [4.78, 5) is 10.4. The maximum absolute atomic E-state index is 13.4. The Balaban J connectivity index is 3.35. The smallest absolute Gasteiger partial charge is 0.156 e. The number of aldehydes is 1. The molecule has 0 atom stereocenters. The molecule has 0 fully saturated rings. The van der Waals surface area contributed by atoms with E-state index < -0.39 is 5.82 Å². The van der Waals surface area contributed by atoms with Gasteiger partial charge in [0.25, 0.3) is 0 Å². The van der Waals surface area contributed by atoms with Crippen LogP contribution in [0, 0.1) is 5.82 Å². The SMILES string of the molecule is CC(C)c1ccc(O)c(C=O)c1F. The van der Waals surface area contributed by atoms with Crippen LogP contribution in [0.3, 0.4) is 0 Å². The summed E-state index contributed by atoms with van der Waals surface area (Å²) in [6.07, 6.45) is 0.330. The highest BCUT2D eigenvalue weighted by molar-refractivity contribution is 5.80. The molecule has 0 aliphatic heterocycles. The minimum atomic E-state index is -0.620. The van der Waals surface area contributed by atoms with Gasteiger partial charge in [0, 0.05) is 0 Å². The highest BCUT2D eigenvalue weighted by Crippen LogP contribution is 2.26. The number of carbonyl (C=O) groups excluding carboxylic acids is 1. The molecule has 0 amide bonds. The van der Waals surface area contributed by atoms with Crippen molar-refractivity contribution in [1.82, 2.24) is 0 Å². The van der Waals surface area contributed by atoms with Gasteiger partial charge in [-0.05, 0) is 17.5 Å². The van der Waals surface area contributed by atoms with Crippen LogP contribution in [0.25, 0.3) is 0 Å². The Kier molecular flexibility index (Phi) is 2.66. The normalized spacial score (nSPS) is 10.5. The van der Waals surface area contributed by atoms with Gasteiger partial charge >= 0.3 is 0 Å². The Morgan fingerprint density at radius 1 is 1.46 bits per heavy atom. The van der Waals surface area contributed by atoms with Crippen molar-refractivity contribution >= 4 is 6.29 Å². The molecule has 3 heteroatoms. The molecule has 0 saturated heterocycles. The van der Waals surface area contributed by atoms with Gasteiger partial charge in [-0.2, -0.15) is 0 Å². The van der Waals surface area contributed by atoms with Gasteiger partial charge in [0.2, 0.25) is 0 Å². The number of aromatic hydroxyl groups is 1. The number of rotatable bonds is 2. The number of carbonyl (C=O) groups is 1. The molecule has 0 saturated carbocycles. The molecule has 0 aliphatic carbocycles. The zero-order valence-corrected chi connectivity index (χ0v) is 7.54. The summed E-state index contributed by atoms with van der Waals surface area (Å²) < 4.78 is 13.4. The van der Waals surface area contributed by atoms with E-state index in [-0.39, 0.29) is 17.2 Å². The largest absolute Gasteiger partial charge is 0.507 e. The molecule has 0 aromatic heterocycles. The van der Waals surface area contributed by atoms with Crippen molar-refractivity contribution in [1.29, 1.82) is 0 Å². The molecular weight excluding hydrogens is 171 g/mol. The third kappa shape index (κ3) is 1.69. The molecule has 1 aromatic rings.